The Hall–Kier alpha value is -2.53. The predicted octanol–water partition coefficient (Wildman–Crippen LogP) is 4.14. The van der Waals surface area contributed by atoms with Crippen molar-refractivity contribution < 1.29 is 9.59 Å². The molecule has 124 valence electrons. The molecule has 0 aliphatic carbocycles. The number of carbonyl (C=O) groups is 2. The minimum absolute atomic E-state index is 0.00211. The van der Waals surface area contributed by atoms with Gasteiger partial charge in [-0.3, -0.25) is 14.9 Å². The van der Waals surface area contributed by atoms with E-state index in [4.69, 9.17) is 12.2 Å². The van der Waals surface area contributed by atoms with Gasteiger partial charge in [0, 0.05) is 16.8 Å². The Kier molecular flexibility index (Phi) is 5.82. The molecule has 24 heavy (non-hydrogen) atoms. The number of hydrogen-bond acceptors (Lipinski definition) is 3. The highest BCUT2D eigenvalue weighted by molar-refractivity contribution is 7.80. The van der Waals surface area contributed by atoms with Gasteiger partial charge >= 0.3 is 0 Å². The molecule has 1 amide bonds. The van der Waals surface area contributed by atoms with E-state index in [-0.39, 0.29) is 16.8 Å². The van der Waals surface area contributed by atoms with E-state index in [1.54, 1.807) is 36.4 Å². The third-order valence-corrected chi connectivity index (χ3v) is 3.82. The number of rotatable bonds is 4. The van der Waals surface area contributed by atoms with Gasteiger partial charge in [-0.15, -0.1) is 0 Å². The second kappa shape index (κ2) is 7.84. The molecule has 0 aromatic heterocycles. The number of Topliss-reactive ketones (excluding diaryl/α,β-unsaturated/α-hetero) is 1. The standard InChI is InChI=1S/C19H20N2O2S/c1-12(2)14-4-6-16(7-5-14)18(23)21-19(24)20-17-10-8-15(9-11-17)13(3)22/h4-12H,1-3H3,(H2,20,21,23,24). The van der Waals surface area contributed by atoms with Crippen molar-refractivity contribution >= 4 is 34.7 Å². The van der Waals surface area contributed by atoms with E-state index >= 15 is 0 Å². The van der Waals surface area contributed by atoms with Gasteiger partial charge in [0.2, 0.25) is 0 Å². The largest absolute Gasteiger partial charge is 0.332 e. The molecule has 0 fully saturated rings. The van der Waals surface area contributed by atoms with Crippen LogP contribution in [0.3, 0.4) is 0 Å². The zero-order chi connectivity index (χ0) is 17.7. The van der Waals surface area contributed by atoms with E-state index in [1.165, 1.54) is 12.5 Å². The summed E-state index contributed by atoms with van der Waals surface area (Å²) in [6.45, 7) is 5.72. The molecular weight excluding hydrogens is 320 g/mol. The summed E-state index contributed by atoms with van der Waals surface area (Å²) in [5.41, 5.74) is 3.06. The molecule has 2 aromatic carbocycles. The summed E-state index contributed by atoms with van der Waals surface area (Å²) in [5, 5.41) is 5.78. The van der Waals surface area contributed by atoms with Crippen molar-refractivity contribution in [3.8, 4) is 0 Å². The van der Waals surface area contributed by atoms with Gasteiger partial charge in [0.15, 0.2) is 10.9 Å². The summed E-state index contributed by atoms with van der Waals surface area (Å²) in [5.74, 6) is 0.160. The third kappa shape index (κ3) is 4.73. The Labute approximate surface area is 147 Å². The second-order valence-electron chi connectivity index (χ2n) is 5.82. The monoisotopic (exact) mass is 340 g/mol. The summed E-state index contributed by atoms with van der Waals surface area (Å²) in [6.07, 6.45) is 0. The number of thiocarbonyl (C=S) groups is 1. The average molecular weight is 340 g/mol. The molecule has 0 bridgehead atoms. The first-order valence-corrected chi connectivity index (χ1v) is 8.11. The van der Waals surface area contributed by atoms with Crippen molar-refractivity contribution in [1.29, 1.82) is 0 Å². The molecule has 2 N–H and O–H groups in total. The molecule has 0 saturated carbocycles. The smallest absolute Gasteiger partial charge is 0.257 e. The molecule has 0 radical (unpaired) electrons. The lowest BCUT2D eigenvalue weighted by molar-refractivity contribution is 0.0976. The minimum atomic E-state index is -0.261. The Morgan fingerprint density at radius 2 is 1.46 bits per heavy atom. The third-order valence-electron chi connectivity index (χ3n) is 3.62. The molecule has 0 unspecified atom stereocenters. The minimum Gasteiger partial charge on any atom is -0.332 e. The molecule has 2 aromatic rings. The van der Waals surface area contributed by atoms with Crippen LogP contribution >= 0.6 is 12.2 Å². The van der Waals surface area contributed by atoms with Gasteiger partial charge in [0.05, 0.1) is 0 Å². The molecule has 5 heteroatoms. The number of carbonyl (C=O) groups excluding carboxylic acids is 2. The lowest BCUT2D eigenvalue weighted by Gasteiger charge is -2.11. The van der Waals surface area contributed by atoms with Crippen LogP contribution in [0.2, 0.25) is 0 Å². The molecule has 0 atom stereocenters. The maximum Gasteiger partial charge on any atom is 0.257 e. The maximum atomic E-state index is 12.2. The zero-order valence-corrected chi connectivity index (χ0v) is 14.7. The van der Waals surface area contributed by atoms with Gasteiger partial charge in [0.1, 0.15) is 0 Å². The van der Waals surface area contributed by atoms with Crippen molar-refractivity contribution in [2.45, 2.75) is 26.7 Å². The molecule has 4 nitrogen and oxygen atoms in total. The van der Waals surface area contributed by atoms with Gasteiger partial charge in [-0.2, -0.15) is 0 Å². The van der Waals surface area contributed by atoms with Crippen molar-refractivity contribution in [3.05, 3.63) is 65.2 Å². The van der Waals surface area contributed by atoms with Gasteiger partial charge in [-0.1, -0.05) is 26.0 Å². The maximum absolute atomic E-state index is 12.2. The number of hydrogen-bond donors (Lipinski definition) is 2. The Morgan fingerprint density at radius 1 is 0.917 bits per heavy atom. The highest BCUT2D eigenvalue weighted by Gasteiger charge is 2.09. The van der Waals surface area contributed by atoms with E-state index < -0.39 is 0 Å². The van der Waals surface area contributed by atoms with Gasteiger partial charge in [-0.25, -0.2) is 0 Å². The summed E-state index contributed by atoms with van der Waals surface area (Å²) < 4.78 is 0. The molecule has 0 spiro atoms. The van der Waals surface area contributed by atoms with E-state index in [0.29, 0.717) is 22.7 Å². The van der Waals surface area contributed by atoms with Gasteiger partial charge in [-0.05, 0) is 67.0 Å². The molecule has 0 saturated heterocycles. The van der Waals surface area contributed by atoms with Crippen LogP contribution in [0.15, 0.2) is 48.5 Å². The van der Waals surface area contributed by atoms with Gasteiger partial charge < -0.3 is 5.32 Å². The Bertz CT molecular complexity index is 750. The van der Waals surface area contributed by atoms with Crippen LogP contribution in [0.1, 0.15) is 53.0 Å². The van der Waals surface area contributed by atoms with E-state index in [0.717, 1.165) is 0 Å². The highest BCUT2D eigenvalue weighted by atomic mass is 32.1. The molecule has 2 rings (SSSR count). The van der Waals surface area contributed by atoms with Crippen LogP contribution in [0, 0.1) is 0 Å². The fraction of sp³-hybridized carbons (Fsp3) is 0.211. The lowest BCUT2D eigenvalue weighted by atomic mass is 10.0. The average Bonchev–Trinajstić information content (AvgIpc) is 2.55. The first kappa shape index (κ1) is 17.8. The van der Waals surface area contributed by atoms with Crippen LogP contribution in [0.25, 0.3) is 0 Å². The molecular formula is C19H20N2O2S. The molecule has 0 aliphatic heterocycles. The van der Waals surface area contributed by atoms with Crippen molar-refractivity contribution in [2.75, 3.05) is 5.32 Å². The second-order valence-corrected chi connectivity index (χ2v) is 6.23. The molecule has 0 aliphatic rings. The number of benzene rings is 2. The van der Waals surface area contributed by atoms with Crippen molar-refractivity contribution in [1.82, 2.24) is 5.32 Å². The quantitative estimate of drug-likeness (QED) is 0.649. The number of ketones is 1. The fourth-order valence-electron chi connectivity index (χ4n) is 2.15. The van der Waals surface area contributed by atoms with Crippen LogP contribution in [-0.4, -0.2) is 16.8 Å². The predicted molar refractivity (Wildman–Crippen MR) is 101 cm³/mol. The van der Waals surface area contributed by atoms with Crippen LogP contribution < -0.4 is 10.6 Å². The zero-order valence-electron chi connectivity index (χ0n) is 13.9. The summed E-state index contributed by atoms with van der Waals surface area (Å²) in [6, 6.07) is 14.4. The lowest BCUT2D eigenvalue weighted by Crippen LogP contribution is -2.34. The van der Waals surface area contributed by atoms with Crippen molar-refractivity contribution in [3.63, 3.8) is 0 Å². The normalized spacial score (nSPS) is 10.3. The summed E-state index contributed by atoms with van der Waals surface area (Å²) in [4.78, 5) is 23.4. The highest BCUT2D eigenvalue weighted by Crippen LogP contribution is 2.15. The van der Waals surface area contributed by atoms with Crippen LogP contribution in [-0.2, 0) is 0 Å². The van der Waals surface area contributed by atoms with Crippen LogP contribution in [0.5, 0.6) is 0 Å². The summed E-state index contributed by atoms with van der Waals surface area (Å²) >= 11 is 5.15. The SMILES string of the molecule is CC(=O)c1ccc(NC(=S)NC(=O)c2ccc(C(C)C)cc2)cc1. The van der Waals surface area contributed by atoms with E-state index in [1.807, 2.05) is 12.1 Å². The fourth-order valence-corrected chi connectivity index (χ4v) is 2.36. The number of anilines is 1. The topological polar surface area (TPSA) is 58.2 Å². The Balaban J connectivity index is 1.96. The van der Waals surface area contributed by atoms with Crippen molar-refractivity contribution in [2.24, 2.45) is 0 Å². The Morgan fingerprint density at radius 3 is 1.96 bits per heavy atom. The first-order valence-electron chi connectivity index (χ1n) is 7.70. The number of amides is 1. The molecule has 0 heterocycles. The first-order chi connectivity index (χ1) is 11.4. The van der Waals surface area contributed by atoms with Crippen LogP contribution in [0.4, 0.5) is 5.69 Å². The number of nitrogens with one attached hydrogen (secondary N) is 2. The van der Waals surface area contributed by atoms with Gasteiger partial charge in [0.25, 0.3) is 5.91 Å². The van der Waals surface area contributed by atoms with E-state index in [9.17, 15) is 9.59 Å². The summed E-state index contributed by atoms with van der Waals surface area (Å²) in [7, 11) is 0. The van der Waals surface area contributed by atoms with E-state index in [2.05, 4.69) is 24.5 Å².